The molecule has 0 saturated heterocycles. The van der Waals surface area contributed by atoms with Crippen LogP contribution in [0.2, 0.25) is 0 Å². The van der Waals surface area contributed by atoms with E-state index in [1.165, 1.54) is 12.1 Å². The van der Waals surface area contributed by atoms with E-state index >= 15 is 0 Å². The number of imide groups is 1. The highest BCUT2D eigenvalue weighted by molar-refractivity contribution is 6.19. The molecule has 2 amide bonds. The zero-order valence-electron chi connectivity index (χ0n) is 19.6. The Morgan fingerprint density at radius 2 is 1.86 bits per heavy atom. The smallest absolute Gasteiger partial charge is 0.271 e. The number of aromatic nitrogens is 2. The standard InChI is InChI=1S/C27H23FN4O3/c1-4-31-26(33)21(17(3)22(15-29)27(31)34)13-19-16-32(20-9-7-6-8-10-20)30-25(19)18-11-12-24(35-5-2)23(28)14-18/h6-14,16H,4-5H2,1-3H3/b21-13+. The van der Waals surface area contributed by atoms with Crippen molar-refractivity contribution in [2.75, 3.05) is 13.2 Å². The zero-order valence-corrected chi connectivity index (χ0v) is 19.6. The van der Waals surface area contributed by atoms with Crippen LogP contribution in [0.4, 0.5) is 4.39 Å². The second-order valence-electron chi connectivity index (χ2n) is 7.82. The van der Waals surface area contributed by atoms with Crippen LogP contribution in [0.15, 0.2) is 71.4 Å². The van der Waals surface area contributed by atoms with Crippen molar-refractivity contribution in [2.45, 2.75) is 20.8 Å². The summed E-state index contributed by atoms with van der Waals surface area (Å²) in [5.41, 5.74) is 2.65. The number of nitriles is 1. The van der Waals surface area contributed by atoms with Crippen molar-refractivity contribution in [2.24, 2.45) is 0 Å². The molecule has 3 aromatic rings. The van der Waals surface area contributed by atoms with Crippen molar-refractivity contribution >= 4 is 17.9 Å². The van der Waals surface area contributed by atoms with Gasteiger partial charge in [0.15, 0.2) is 11.6 Å². The van der Waals surface area contributed by atoms with Crippen LogP contribution in [-0.4, -0.2) is 39.6 Å². The number of hydrogen-bond donors (Lipinski definition) is 0. The molecule has 0 atom stereocenters. The number of carbonyl (C=O) groups excluding carboxylic acids is 2. The molecule has 8 heteroatoms. The minimum Gasteiger partial charge on any atom is -0.491 e. The molecule has 35 heavy (non-hydrogen) atoms. The third-order valence-corrected chi connectivity index (χ3v) is 5.71. The normalized spacial score (nSPS) is 15.1. The number of amides is 2. The van der Waals surface area contributed by atoms with E-state index in [9.17, 15) is 19.2 Å². The highest BCUT2D eigenvalue weighted by atomic mass is 19.1. The Bertz CT molecular complexity index is 1410. The lowest BCUT2D eigenvalue weighted by atomic mass is 9.93. The SMILES string of the molecule is CCOc1ccc(-c2nn(-c3ccccc3)cc2/C=C2/C(=O)N(CC)C(=O)C(C#N)=C2C)cc1F. The summed E-state index contributed by atoms with van der Waals surface area (Å²) in [6, 6.07) is 15.8. The summed E-state index contributed by atoms with van der Waals surface area (Å²) in [4.78, 5) is 26.7. The molecule has 0 saturated carbocycles. The molecule has 1 aliphatic heterocycles. The van der Waals surface area contributed by atoms with Crippen LogP contribution in [0, 0.1) is 17.1 Å². The maximum absolute atomic E-state index is 14.7. The molecule has 0 spiro atoms. The number of nitrogens with zero attached hydrogens (tertiary/aromatic N) is 4. The lowest BCUT2D eigenvalue weighted by Crippen LogP contribution is -2.42. The van der Waals surface area contributed by atoms with Crippen LogP contribution in [0.5, 0.6) is 5.75 Å². The monoisotopic (exact) mass is 470 g/mol. The van der Waals surface area contributed by atoms with Crippen LogP contribution < -0.4 is 4.74 Å². The lowest BCUT2D eigenvalue weighted by molar-refractivity contribution is -0.140. The first kappa shape index (κ1) is 23.6. The Kier molecular flexibility index (Phi) is 6.60. The Morgan fingerprint density at radius 3 is 2.49 bits per heavy atom. The van der Waals surface area contributed by atoms with Gasteiger partial charge in [-0.05, 0) is 62.8 Å². The molecule has 2 heterocycles. The molecule has 1 aliphatic rings. The minimum absolute atomic E-state index is 0.0817. The van der Waals surface area contributed by atoms with Crippen molar-refractivity contribution in [1.82, 2.24) is 14.7 Å². The quantitative estimate of drug-likeness (QED) is 0.385. The first-order valence-corrected chi connectivity index (χ1v) is 11.2. The van der Waals surface area contributed by atoms with Crippen molar-refractivity contribution in [3.05, 3.63) is 82.8 Å². The van der Waals surface area contributed by atoms with E-state index in [1.54, 1.807) is 43.8 Å². The molecule has 0 radical (unpaired) electrons. The first-order valence-electron chi connectivity index (χ1n) is 11.2. The summed E-state index contributed by atoms with van der Waals surface area (Å²) in [5.74, 6) is -1.50. The van der Waals surface area contributed by atoms with Gasteiger partial charge in [-0.15, -0.1) is 0 Å². The van der Waals surface area contributed by atoms with Gasteiger partial charge in [0.25, 0.3) is 11.8 Å². The van der Waals surface area contributed by atoms with Crippen molar-refractivity contribution in [1.29, 1.82) is 5.26 Å². The van der Waals surface area contributed by atoms with Gasteiger partial charge in [0, 0.05) is 29.4 Å². The number of rotatable bonds is 6. The summed E-state index contributed by atoms with van der Waals surface area (Å²) >= 11 is 0. The Hall–Kier alpha value is -4.51. The summed E-state index contributed by atoms with van der Waals surface area (Å²) in [5, 5.41) is 14.2. The van der Waals surface area contributed by atoms with Crippen molar-refractivity contribution in [3.8, 4) is 28.8 Å². The maximum atomic E-state index is 14.7. The minimum atomic E-state index is -0.608. The Labute approximate surface area is 202 Å². The van der Waals surface area contributed by atoms with Gasteiger partial charge in [0.2, 0.25) is 0 Å². The van der Waals surface area contributed by atoms with Gasteiger partial charge < -0.3 is 4.74 Å². The molecule has 176 valence electrons. The maximum Gasteiger partial charge on any atom is 0.271 e. The van der Waals surface area contributed by atoms with E-state index in [2.05, 4.69) is 5.10 Å². The third-order valence-electron chi connectivity index (χ3n) is 5.71. The molecule has 0 bridgehead atoms. The molecule has 7 nitrogen and oxygen atoms in total. The molecule has 4 rings (SSSR count). The van der Waals surface area contributed by atoms with Crippen LogP contribution in [-0.2, 0) is 9.59 Å². The molecule has 0 aliphatic carbocycles. The number of carbonyl (C=O) groups is 2. The lowest BCUT2D eigenvalue weighted by Gasteiger charge is -2.26. The van der Waals surface area contributed by atoms with Gasteiger partial charge in [-0.3, -0.25) is 14.5 Å². The van der Waals surface area contributed by atoms with Crippen LogP contribution >= 0.6 is 0 Å². The largest absolute Gasteiger partial charge is 0.491 e. The topological polar surface area (TPSA) is 88.2 Å². The van der Waals surface area contributed by atoms with E-state index in [1.807, 2.05) is 36.4 Å². The summed E-state index contributed by atoms with van der Waals surface area (Å²) in [6.07, 6.45) is 3.32. The average Bonchev–Trinajstić information content (AvgIpc) is 3.28. The first-order chi connectivity index (χ1) is 16.9. The second kappa shape index (κ2) is 9.77. The van der Waals surface area contributed by atoms with E-state index in [4.69, 9.17) is 4.74 Å². The number of halogens is 1. The molecule has 0 fully saturated rings. The number of likely N-dealkylation sites (N-methyl/N-ethyl adjacent to an activating group) is 1. The van der Waals surface area contributed by atoms with E-state index in [-0.39, 0.29) is 23.4 Å². The Balaban J connectivity index is 1.92. The predicted molar refractivity (Wildman–Crippen MR) is 129 cm³/mol. The van der Waals surface area contributed by atoms with Gasteiger partial charge >= 0.3 is 0 Å². The average molecular weight is 471 g/mol. The van der Waals surface area contributed by atoms with Gasteiger partial charge in [-0.25, -0.2) is 9.07 Å². The van der Waals surface area contributed by atoms with Crippen LogP contribution in [0.3, 0.4) is 0 Å². The van der Waals surface area contributed by atoms with Gasteiger partial charge in [0.1, 0.15) is 17.3 Å². The van der Waals surface area contributed by atoms with Crippen LogP contribution in [0.1, 0.15) is 26.3 Å². The van der Waals surface area contributed by atoms with E-state index in [0.717, 1.165) is 10.6 Å². The number of para-hydroxylation sites is 1. The fraction of sp³-hybridized carbons (Fsp3) is 0.185. The molecular weight excluding hydrogens is 447 g/mol. The molecule has 1 aromatic heterocycles. The fourth-order valence-corrected chi connectivity index (χ4v) is 3.92. The predicted octanol–water partition coefficient (Wildman–Crippen LogP) is 4.69. The van der Waals surface area contributed by atoms with Gasteiger partial charge in [-0.2, -0.15) is 10.4 Å². The van der Waals surface area contributed by atoms with Crippen LogP contribution in [0.25, 0.3) is 23.0 Å². The van der Waals surface area contributed by atoms with Gasteiger partial charge in [-0.1, -0.05) is 18.2 Å². The highest BCUT2D eigenvalue weighted by Gasteiger charge is 2.34. The third kappa shape index (κ3) is 4.36. The highest BCUT2D eigenvalue weighted by Crippen LogP contribution is 2.32. The van der Waals surface area contributed by atoms with E-state index < -0.39 is 17.6 Å². The summed E-state index contributed by atoms with van der Waals surface area (Å²) < 4.78 is 21.6. The zero-order chi connectivity index (χ0) is 25.1. The van der Waals surface area contributed by atoms with Crippen molar-refractivity contribution in [3.63, 3.8) is 0 Å². The fourth-order valence-electron chi connectivity index (χ4n) is 3.92. The number of hydrogen-bond acceptors (Lipinski definition) is 5. The molecule has 0 unspecified atom stereocenters. The van der Waals surface area contributed by atoms with Gasteiger partial charge in [0.05, 0.1) is 12.3 Å². The number of ether oxygens (including phenoxy) is 1. The molecule has 2 aromatic carbocycles. The van der Waals surface area contributed by atoms with E-state index in [0.29, 0.717) is 29.0 Å². The summed E-state index contributed by atoms with van der Waals surface area (Å²) in [7, 11) is 0. The number of benzene rings is 2. The molecular formula is C27H23FN4O3. The Morgan fingerprint density at radius 1 is 1.11 bits per heavy atom. The molecule has 0 N–H and O–H groups in total. The second-order valence-corrected chi connectivity index (χ2v) is 7.82. The van der Waals surface area contributed by atoms with Crippen molar-refractivity contribution < 1.29 is 18.7 Å². The summed E-state index contributed by atoms with van der Waals surface area (Å²) in [6.45, 7) is 5.48.